The van der Waals surface area contributed by atoms with Gasteiger partial charge in [0, 0.05) is 17.5 Å². The molecule has 1 N–H and O–H groups in total. The lowest BCUT2D eigenvalue weighted by Crippen LogP contribution is -2.41. The monoisotopic (exact) mass is 401 g/mol. The first-order valence-electron chi connectivity index (χ1n) is 8.58. The van der Waals surface area contributed by atoms with Gasteiger partial charge in [0.25, 0.3) is 5.91 Å². The second kappa shape index (κ2) is 8.04. The molecule has 2 aromatic carbocycles. The van der Waals surface area contributed by atoms with Crippen LogP contribution in [0, 0.1) is 0 Å². The van der Waals surface area contributed by atoms with Crippen molar-refractivity contribution in [3.8, 4) is 5.75 Å². The molecule has 7 heteroatoms. The third-order valence-corrected chi connectivity index (χ3v) is 4.90. The molecule has 3 aromatic rings. The number of fused-ring (bicyclic) bond motifs is 1. The number of para-hydroxylation sites is 1. The van der Waals surface area contributed by atoms with Gasteiger partial charge in [-0.25, -0.2) is 4.79 Å². The van der Waals surface area contributed by atoms with Crippen molar-refractivity contribution >= 4 is 28.5 Å². The lowest BCUT2D eigenvalue weighted by Gasteiger charge is -2.29. The number of amides is 1. The molecule has 0 aliphatic rings. The molecule has 0 aliphatic carbocycles. The fourth-order valence-electron chi connectivity index (χ4n) is 2.89. The van der Waals surface area contributed by atoms with E-state index in [1.807, 2.05) is 19.1 Å². The average Bonchev–Trinajstić information content (AvgIpc) is 2.70. The zero-order chi connectivity index (χ0) is 20.3. The van der Waals surface area contributed by atoms with E-state index in [1.54, 1.807) is 37.4 Å². The van der Waals surface area contributed by atoms with Crippen LogP contribution in [0.3, 0.4) is 0 Å². The second-order valence-electron chi connectivity index (χ2n) is 6.45. The maximum absolute atomic E-state index is 12.6. The van der Waals surface area contributed by atoms with Gasteiger partial charge < -0.3 is 19.2 Å². The number of carbonyl (C=O) groups excluding carboxylic acids is 1. The van der Waals surface area contributed by atoms with E-state index in [1.165, 1.54) is 13.2 Å². The highest BCUT2D eigenvalue weighted by Gasteiger charge is 2.28. The van der Waals surface area contributed by atoms with E-state index in [2.05, 4.69) is 5.32 Å². The first kappa shape index (κ1) is 19.9. The largest absolute Gasteiger partial charge is 0.493 e. The highest BCUT2D eigenvalue weighted by atomic mass is 35.5. The molecule has 3 rings (SSSR count). The molecule has 0 saturated carbocycles. The molecule has 1 unspecified atom stereocenters. The Bertz CT molecular complexity index is 1080. The molecular formula is C21H20ClNO5. The summed E-state index contributed by atoms with van der Waals surface area (Å²) in [5, 5.41) is 3.90. The molecule has 6 nitrogen and oxygen atoms in total. The summed E-state index contributed by atoms with van der Waals surface area (Å²) in [5.41, 5.74) is -0.548. The van der Waals surface area contributed by atoms with Crippen LogP contribution in [0.25, 0.3) is 11.0 Å². The van der Waals surface area contributed by atoms with Crippen LogP contribution in [0.1, 0.15) is 22.8 Å². The Balaban J connectivity index is 1.86. The van der Waals surface area contributed by atoms with E-state index in [0.717, 1.165) is 5.56 Å². The van der Waals surface area contributed by atoms with Crippen LogP contribution in [0.4, 0.5) is 0 Å². The van der Waals surface area contributed by atoms with E-state index in [-0.39, 0.29) is 12.1 Å². The van der Waals surface area contributed by atoms with Gasteiger partial charge in [0.2, 0.25) is 0 Å². The molecule has 0 radical (unpaired) electrons. The molecule has 0 saturated heterocycles. The molecule has 28 heavy (non-hydrogen) atoms. The predicted octanol–water partition coefficient (Wildman–Crippen LogP) is 3.75. The summed E-state index contributed by atoms with van der Waals surface area (Å²) in [6.07, 6.45) is 0. The van der Waals surface area contributed by atoms with Gasteiger partial charge in [0.05, 0.1) is 13.7 Å². The molecule has 0 bridgehead atoms. The van der Waals surface area contributed by atoms with Crippen LogP contribution in [-0.4, -0.2) is 26.7 Å². The Morgan fingerprint density at radius 3 is 2.61 bits per heavy atom. The van der Waals surface area contributed by atoms with Crippen LogP contribution in [-0.2, 0) is 10.3 Å². The van der Waals surface area contributed by atoms with Gasteiger partial charge in [0.15, 0.2) is 11.3 Å². The number of benzene rings is 2. The molecule has 1 atom stereocenters. The topological polar surface area (TPSA) is 77.8 Å². The van der Waals surface area contributed by atoms with Crippen LogP contribution in [0.5, 0.6) is 5.75 Å². The Morgan fingerprint density at radius 2 is 1.93 bits per heavy atom. The smallest absolute Gasteiger partial charge is 0.349 e. The van der Waals surface area contributed by atoms with E-state index in [9.17, 15) is 9.59 Å². The Labute approximate surface area is 167 Å². The van der Waals surface area contributed by atoms with E-state index >= 15 is 0 Å². The van der Waals surface area contributed by atoms with Gasteiger partial charge in [-0.2, -0.15) is 0 Å². The Hall–Kier alpha value is -2.83. The summed E-state index contributed by atoms with van der Waals surface area (Å²) < 4.78 is 16.1. The standard InChI is InChI=1S/C21H20ClNO5/c1-21(27-3,14-7-5-8-15(22)11-14)12-23-19(24)16-10-13-6-4-9-17(26-2)18(13)28-20(16)25/h4-11H,12H2,1-3H3,(H,23,24). The fraction of sp³-hybridized carbons (Fsp3) is 0.238. The highest BCUT2D eigenvalue weighted by molar-refractivity contribution is 6.30. The maximum Gasteiger partial charge on any atom is 0.349 e. The van der Waals surface area contributed by atoms with Crippen molar-refractivity contribution in [2.24, 2.45) is 0 Å². The number of rotatable bonds is 6. The number of carbonyl (C=O) groups is 1. The molecule has 146 valence electrons. The highest BCUT2D eigenvalue weighted by Crippen LogP contribution is 2.27. The van der Waals surface area contributed by atoms with Crippen molar-refractivity contribution in [3.63, 3.8) is 0 Å². The summed E-state index contributed by atoms with van der Waals surface area (Å²) in [4.78, 5) is 25.0. The summed E-state index contributed by atoms with van der Waals surface area (Å²) in [6, 6.07) is 13.9. The molecule has 1 aromatic heterocycles. The third kappa shape index (κ3) is 3.88. The molecule has 0 fully saturated rings. The summed E-state index contributed by atoms with van der Waals surface area (Å²) in [5.74, 6) is -0.127. The Kier molecular flexibility index (Phi) is 5.72. The number of halogens is 1. The minimum atomic E-state index is -0.819. The van der Waals surface area contributed by atoms with E-state index in [4.69, 9.17) is 25.5 Å². The molecule has 0 aliphatic heterocycles. The first-order chi connectivity index (χ1) is 13.4. The molecule has 1 heterocycles. The normalized spacial score (nSPS) is 13.1. The van der Waals surface area contributed by atoms with Crippen molar-refractivity contribution in [3.05, 3.63) is 75.1 Å². The van der Waals surface area contributed by atoms with E-state index < -0.39 is 17.1 Å². The number of methoxy groups -OCH3 is 2. The summed E-state index contributed by atoms with van der Waals surface area (Å²) in [6.45, 7) is 1.96. The van der Waals surface area contributed by atoms with Gasteiger partial charge in [-0.1, -0.05) is 35.9 Å². The molecular weight excluding hydrogens is 382 g/mol. The minimum Gasteiger partial charge on any atom is -0.493 e. The van der Waals surface area contributed by atoms with Crippen LogP contribution < -0.4 is 15.7 Å². The lowest BCUT2D eigenvalue weighted by molar-refractivity contribution is 0.00312. The number of hydrogen-bond acceptors (Lipinski definition) is 5. The van der Waals surface area contributed by atoms with Crippen LogP contribution in [0.2, 0.25) is 5.02 Å². The van der Waals surface area contributed by atoms with Crippen molar-refractivity contribution in [2.75, 3.05) is 20.8 Å². The van der Waals surface area contributed by atoms with Gasteiger partial charge in [0.1, 0.15) is 11.2 Å². The summed E-state index contributed by atoms with van der Waals surface area (Å²) in [7, 11) is 3.03. The van der Waals surface area contributed by atoms with Gasteiger partial charge >= 0.3 is 5.63 Å². The number of nitrogens with one attached hydrogen (secondary N) is 1. The predicted molar refractivity (Wildman–Crippen MR) is 107 cm³/mol. The second-order valence-corrected chi connectivity index (χ2v) is 6.89. The number of ether oxygens (including phenoxy) is 2. The third-order valence-electron chi connectivity index (χ3n) is 4.66. The average molecular weight is 402 g/mol. The van der Waals surface area contributed by atoms with Crippen molar-refractivity contribution in [2.45, 2.75) is 12.5 Å². The zero-order valence-electron chi connectivity index (χ0n) is 15.7. The van der Waals surface area contributed by atoms with Crippen LogP contribution in [0.15, 0.2) is 57.7 Å². The maximum atomic E-state index is 12.6. The molecule has 1 amide bonds. The first-order valence-corrected chi connectivity index (χ1v) is 8.96. The van der Waals surface area contributed by atoms with Gasteiger partial charge in [-0.15, -0.1) is 0 Å². The summed E-state index contributed by atoms with van der Waals surface area (Å²) >= 11 is 6.06. The Morgan fingerprint density at radius 1 is 1.18 bits per heavy atom. The van der Waals surface area contributed by atoms with Gasteiger partial charge in [-0.05, 0) is 36.8 Å². The minimum absolute atomic E-state index is 0.0923. The van der Waals surface area contributed by atoms with Crippen LogP contribution >= 0.6 is 11.6 Å². The lowest BCUT2D eigenvalue weighted by atomic mass is 9.95. The van der Waals surface area contributed by atoms with Crippen molar-refractivity contribution in [1.82, 2.24) is 5.32 Å². The number of hydrogen-bond donors (Lipinski definition) is 1. The zero-order valence-corrected chi connectivity index (χ0v) is 16.5. The van der Waals surface area contributed by atoms with Crippen molar-refractivity contribution in [1.29, 1.82) is 0 Å². The quantitative estimate of drug-likeness (QED) is 0.636. The van der Waals surface area contributed by atoms with Gasteiger partial charge in [-0.3, -0.25) is 4.79 Å². The fourth-order valence-corrected chi connectivity index (χ4v) is 3.08. The molecule has 0 spiro atoms. The van der Waals surface area contributed by atoms with E-state index in [0.29, 0.717) is 21.7 Å². The van der Waals surface area contributed by atoms with Crippen molar-refractivity contribution < 1.29 is 18.7 Å². The SMILES string of the molecule is COc1cccc2cc(C(=O)NCC(C)(OC)c3cccc(Cl)c3)c(=O)oc12.